The molecule has 104 valence electrons. The van der Waals surface area contributed by atoms with Gasteiger partial charge >= 0.3 is 0 Å². The van der Waals surface area contributed by atoms with Crippen molar-refractivity contribution in [1.82, 2.24) is 0 Å². The molecular weight excluding hydrogens is 242 g/mol. The Labute approximate surface area is 122 Å². The Hall–Kier alpha value is -1.76. The lowest BCUT2D eigenvalue weighted by Crippen LogP contribution is -2.34. The third kappa shape index (κ3) is 2.72. The Bertz CT molecular complexity index is 589. The van der Waals surface area contributed by atoms with E-state index in [9.17, 15) is 0 Å². The predicted octanol–water partition coefficient (Wildman–Crippen LogP) is 4.97. The number of rotatable bonds is 3. The Kier molecular flexibility index (Phi) is 3.52. The summed E-state index contributed by atoms with van der Waals surface area (Å²) in [7, 11) is 0. The van der Waals surface area contributed by atoms with Crippen molar-refractivity contribution < 1.29 is 0 Å². The molecule has 0 aromatic heterocycles. The summed E-state index contributed by atoms with van der Waals surface area (Å²) in [6, 6.07) is 16.1. The van der Waals surface area contributed by atoms with Gasteiger partial charge in [-0.05, 0) is 73.9 Å². The lowest BCUT2D eigenvalue weighted by Gasteiger charge is -2.37. The summed E-state index contributed by atoms with van der Waals surface area (Å²) in [6.45, 7) is 6.55. The first-order valence-electron chi connectivity index (χ1n) is 7.52. The highest BCUT2D eigenvalue weighted by Crippen LogP contribution is 2.39. The second kappa shape index (κ2) is 5.32. The summed E-state index contributed by atoms with van der Waals surface area (Å²) in [5, 5.41) is 3.68. The van der Waals surface area contributed by atoms with Gasteiger partial charge in [0.25, 0.3) is 0 Å². The molecule has 0 unspecified atom stereocenters. The molecule has 1 fully saturated rings. The van der Waals surface area contributed by atoms with Crippen molar-refractivity contribution in [2.24, 2.45) is 0 Å². The molecule has 0 atom stereocenters. The Balaban J connectivity index is 1.62. The van der Waals surface area contributed by atoms with E-state index in [1.165, 1.54) is 40.8 Å². The number of anilines is 1. The van der Waals surface area contributed by atoms with Crippen molar-refractivity contribution in [3.63, 3.8) is 0 Å². The van der Waals surface area contributed by atoms with E-state index in [0.717, 1.165) is 5.92 Å². The number of benzene rings is 2. The minimum Gasteiger partial charge on any atom is -0.382 e. The number of nitrogens with one attached hydrogen (secondary N) is 1. The molecule has 0 spiro atoms. The number of hydrogen-bond donors (Lipinski definition) is 1. The van der Waals surface area contributed by atoms with Gasteiger partial charge in [0.1, 0.15) is 0 Å². The molecular formula is C19H23N. The van der Waals surface area contributed by atoms with Crippen molar-refractivity contribution in [2.75, 3.05) is 5.32 Å². The van der Waals surface area contributed by atoms with Crippen LogP contribution in [0.5, 0.6) is 0 Å². The average Bonchev–Trinajstić information content (AvgIpc) is 2.33. The van der Waals surface area contributed by atoms with E-state index in [1.54, 1.807) is 0 Å². The van der Waals surface area contributed by atoms with E-state index in [0.29, 0.717) is 6.04 Å². The zero-order valence-electron chi connectivity index (χ0n) is 12.6. The molecule has 0 bridgehead atoms. The van der Waals surface area contributed by atoms with Crippen LogP contribution >= 0.6 is 0 Å². The van der Waals surface area contributed by atoms with Gasteiger partial charge in [-0.15, -0.1) is 0 Å². The van der Waals surface area contributed by atoms with E-state index in [1.807, 2.05) is 0 Å². The molecule has 1 heteroatoms. The number of hydrogen-bond acceptors (Lipinski definition) is 1. The number of aryl methyl sites for hydroxylation is 3. The summed E-state index contributed by atoms with van der Waals surface area (Å²) in [5.41, 5.74) is 6.91. The Morgan fingerprint density at radius 1 is 0.900 bits per heavy atom. The molecule has 0 aliphatic heterocycles. The fraction of sp³-hybridized carbons (Fsp3) is 0.368. The van der Waals surface area contributed by atoms with E-state index < -0.39 is 0 Å². The summed E-state index contributed by atoms with van der Waals surface area (Å²) in [5.74, 6) is 0.736. The fourth-order valence-electron chi connectivity index (χ4n) is 3.33. The lowest BCUT2D eigenvalue weighted by molar-refractivity contribution is 0.373. The molecule has 0 radical (unpaired) electrons. The van der Waals surface area contributed by atoms with Crippen LogP contribution in [0.1, 0.15) is 41.0 Å². The molecule has 0 saturated heterocycles. The van der Waals surface area contributed by atoms with Crippen LogP contribution in [0, 0.1) is 20.8 Å². The average molecular weight is 265 g/mol. The van der Waals surface area contributed by atoms with E-state index >= 15 is 0 Å². The Morgan fingerprint density at radius 2 is 1.55 bits per heavy atom. The van der Waals surface area contributed by atoms with Crippen LogP contribution in [0.15, 0.2) is 42.5 Å². The molecule has 2 aromatic rings. The van der Waals surface area contributed by atoms with Crippen molar-refractivity contribution >= 4 is 5.69 Å². The SMILES string of the molecule is Cc1cc(C)cc(NC2CC(c3ccccc3C)C2)c1. The molecule has 2 aromatic carbocycles. The summed E-state index contributed by atoms with van der Waals surface area (Å²) >= 11 is 0. The van der Waals surface area contributed by atoms with Gasteiger partial charge in [-0.3, -0.25) is 0 Å². The zero-order valence-corrected chi connectivity index (χ0v) is 12.6. The van der Waals surface area contributed by atoms with Crippen LogP contribution in [0.3, 0.4) is 0 Å². The summed E-state index contributed by atoms with van der Waals surface area (Å²) in [4.78, 5) is 0. The first-order valence-corrected chi connectivity index (χ1v) is 7.52. The standard InChI is InChI=1S/C19H23N/c1-13-8-14(2)10-17(9-13)20-18-11-16(12-18)19-7-5-4-6-15(19)3/h4-10,16,18,20H,11-12H2,1-3H3. The van der Waals surface area contributed by atoms with Crippen LogP contribution < -0.4 is 5.32 Å². The quantitative estimate of drug-likeness (QED) is 0.826. The third-order valence-corrected chi connectivity index (χ3v) is 4.36. The van der Waals surface area contributed by atoms with Crippen molar-refractivity contribution in [3.05, 3.63) is 64.7 Å². The normalized spacial score (nSPS) is 21.4. The molecule has 1 aliphatic rings. The van der Waals surface area contributed by atoms with Crippen molar-refractivity contribution in [1.29, 1.82) is 0 Å². The van der Waals surface area contributed by atoms with Gasteiger partial charge in [-0.25, -0.2) is 0 Å². The molecule has 0 heterocycles. The maximum absolute atomic E-state index is 3.68. The second-order valence-electron chi connectivity index (χ2n) is 6.24. The van der Waals surface area contributed by atoms with Crippen LogP contribution in [0.4, 0.5) is 5.69 Å². The fourth-order valence-corrected chi connectivity index (χ4v) is 3.33. The minimum atomic E-state index is 0.626. The van der Waals surface area contributed by atoms with Gasteiger partial charge in [-0.1, -0.05) is 30.3 Å². The first-order chi connectivity index (χ1) is 9.61. The van der Waals surface area contributed by atoms with Crippen molar-refractivity contribution in [2.45, 2.75) is 45.6 Å². The van der Waals surface area contributed by atoms with Crippen LogP contribution in [0.25, 0.3) is 0 Å². The second-order valence-corrected chi connectivity index (χ2v) is 6.24. The molecule has 0 amide bonds. The first kappa shape index (κ1) is 13.2. The molecule has 1 N–H and O–H groups in total. The smallest absolute Gasteiger partial charge is 0.0347 e. The topological polar surface area (TPSA) is 12.0 Å². The molecule has 1 saturated carbocycles. The van der Waals surface area contributed by atoms with Gasteiger partial charge < -0.3 is 5.32 Å². The molecule has 1 aliphatic carbocycles. The monoisotopic (exact) mass is 265 g/mol. The minimum absolute atomic E-state index is 0.626. The zero-order chi connectivity index (χ0) is 14.1. The van der Waals surface area contributed by atoms with E-state index in [-0.39, 0.29) is 0 Å². The molecule has 1 nitrogen and oxygen atoms in total. The maximum Gasteiger partial charge on any atom is 0.0347 e. The van der Waals surface area contributed by atoms with Gasteiger partial charge in [0.15, 0.2) is 0 Å². The highest BCUT2D eigenvalue weighted by atomic mass is 14.9. The highest BCUT2D eigenvalue weighted by molar-refractivity contribution is 5.50. The summed E-state index contributed by atoms with van der Waals surface area (Å²) in [6.07, 6.45) is 2.50. The Morgan fingerprint density at radius 3 is 2.20 bits per heavy atom. The van der Waals surface area contributed by atoms with Gasteiger partial charge in [0.2, 0.25) is 0 Å². The largest absolute Gasteiger partial charge is 0.382 e. The van der Waals surface area contributed by atoms with Crippen molar-refractivity contribution in [3.8, 4) is 0 Å². The maximum atomic E-state index is 3.68. The van der Waals surface area contributed by atoms with Crippen LogP contribution in [-0.4, -0.2) is 6.04 Å². The summed E-state index contributed by atoms with van der Waals surface area (Å²) < 4.78 is 0. The van der Waals surface area contributed by atoms with Gasteiger partial charge in [0.05, 0.1) is 0 Å². The molecule has 3 rings (SSSR count). The van der Waals surface area contributed by atoms with Crippen LogP contribution in [-0.2, 0) is 0 Å². The lowest BCUT2D eigenvalue weighted by atomic mass is 9.74. The van der Waals surface area contributed by atoms with Gasteiger partial charge in [-0.2, -0.15) is 0 Å². The molecule has 20 heavy (non-hydrogen) atoms. The van der Waals surface area contributed by atoms with E-state index in [4.69, 9.17) is 0 Å². The predicted molar refractivity (Wildman–Crippen MR) is 86.5 cm³/mol. The van der Waals surface area contributed by atoms with Gasteiger partial charge in [0, 0.05) is 11.7 Å². The van der Waals surface area contributed by atoms with E-state index in [2.05, 4.69) is 68.6 Å². The highest BCUT2D eigenvalue weighted by Gasteiger charge is 2.30. The van der Waals surface area contributed by atoms with Crippen LogP contribution in [0.2, 0.25) is 0 Å². The third-order valence-electron chi connectivity index (χ3n) is 4.36.